The van der Waals surface area contributed by atoms with E-state index < -0.39 is 91.3 Å². The first-order valence-electron chi connectivity index (χ1n) is 9.40. The first-order valence-corrected chi connectivity index (χ1v) is 9.40. The average molecular weight is 495 g/mol. The maximum absolute atomic E-state index is 12.3. The second kappa shape index (κ2) is 7.94. The Labute approximate surface area is 195 Å². The van der Waals surface area contributed by atoms with Crippen LogP contribution in [-0.4, -0.2) is 81.4 Å². The van der Waals surface area contributed by atoms with E-state index in [-0.39, 0.29) is 10.9 Å². The van der Waals surface area contributed by atoms with Crippen molar-refractivity contribution in [3.05, 3.63) is 52.0 Å². The van der Waals surface area contributed by atoms with Crippen molar-refractivity contribution < 1.29 is 59.4 Å². The number of aromatic carboxylic acids is 6. The van der Waals surface area contributed by atoms with Gasteiger partial charge in [0, 0.05) is 22.4 Å². The van der Waals surface area contributed by atoms with Crippen LogP contribution in [0.15, 0.2) is 18.3 Å². The molecule has 0 aliphatic heterocycles. The average Bonchev–Trinajstić information content (AvgIpc) is 2.80. The van der Waals surface area contributed by atoms with Gasteiger partial charge in [-0.25, -0.2) is 38.7 Å². The lowest BCUT2D eigenvalue weighted by Crippen LogP contribution is -2.20. The van der Waals surface area contributed by atoms with Gasteiger partial charge in [0.1, 0.15) is 11.1 Å². The van der Waals surface area contributed by atoms with Gasteiger partial charge in [-0.2, -0.15) is 0 Å². The van der Waals surface area contributed by atoms with E-state index in [1.165, 1.54) is 12.1 Å². The molecule has 15 heteroatoms. The summed E-state index contributed by atoms with van der Waals surface area (Å²) in [5, 5.41) is 56.6. The van der Waals surface area contributed by atoms with Crippen LogP contribution in [0.4, 0.5) is 0 Å². The summed E-state index contributed by atoms with van der Waals surface area (Å²) in [6, 6.07) is 2.52. The highest BCUT2D eigenvalue weighted by molar-refractivity contribution is 6.32. The quantitative estimate of drug-likeness (QED) is 0.207. The van der Waals surface area contributed by atoms with Gasteiger partial charge >= 0.3 is 35.8 Å². The summed E-state index contributed by atoms with van der Waals surface area (Å²) in [6.07, 6.45) is 1.15. The Morgan fingerprint density at radius 3 is 1.36 bits per heavy atom. The molecule has 0 saturated heterocycles. The predicted octanol–water partition coefficient (Wildman–Crippen LogP) is 1.52. The summed E-state index contributed by atoms with van der Waals surface area (Å²) in [4.78, 5) is 83.4. The molecular weight excluding hydrogens is 486 g/mol. The Morgan fingerprint density at radius 2 is 0.944 bits per heavy atom. The molecule has 1 aromatic carbocycles. The zero-order valence-electron chi connectivity index (χ0n) is 17.2. The topological polar surface area (TPSA) is 262 Å². The third-order valence-electron chi connectivity index (χ3n) is 5.19. The molecule has 0 unspecified atom stereocenters. The van der Waals surface area contributed by atoms with Gasteiger partial charge in [0.05, 0.1) is 27.7 Å². The van der Waals surface area contributed by atoms with Crippen LogP contribution in [0.1, 0.15) is 62.4 Å². The molecule has 0 radical (unpaired) electrons. The molecule has 0 fully saturated rings. The van der Waals surface area contributed by atoms with Crippen molar-refractivity contribution in [1.82, 2.24) is 15.0 Å². The Morgan fingerprint density at radius 1 is 0.528 bits per heavy atom. The minimum Gasteiger partial charge on any atom is -0.478 e. The van der Waals surface area contributed by atoms with E-state index in [0.717, 1.165) is 6.20 Å². The van der Waals surface area contributed by atoms with E-state index >= 15 is 0 Å². The highest BCUT2D eigenvalue weighted by Crippen LogP contribution is 2.39. The van der Waals surface area contributed by atoms with Gasteiger partial charge in [-0.1, -0.05) is 0 Å². The summed E-state index contributed by atoms with van der Waals surface area (Å²) < 4.78 is 0. The Balaban J connectivity index is 2.58. The van der Waals surface area contributed by atoms with E-state index in [0.29, 0.717) is 0 Å². The minimum absolute atomic E-state index is 0.175. The first kappa shape index (κ1) is 23.4. The fourth-order valence-electron chi connectivity index (χ4n) is 3.96. The largest absolute Gasteiger partial charge is 0.478 e. The molecule has 6 N–H and O–H groups in total. The Kier molecular flexibility index (Phi) is 5.17. The normalized spacial score (nSPS) is 11.0. The molecule has 3 heterocycles. The van der Waals surface area contributed by atoms with Gasteiger partial charge in [-0.3, -0.25) is 4.98 Å². The Bertz CT molecular complexity index is 1760. The minimum atomic E-state index is -2.02. The number of fused-ring (bicyclic) bond motifs is 6. The Hall–Kier alpha value is -5.73. The fraction of sp³-hybridized carbons (Fsp3) is 0. The zero-order valence-corrected chi connectivity index (χ0v) is 17.2. The van der Waals surface area contributed by atoms with E-state index in [4.69, 9.17) is 0 Å². The smallest absolute Gasteiger partial charge is 0.355 e. The van der Waals surface area contributed by atoms with E-state index in [1.807, 2.05) is 0 Å². The number of nitrogens with zero attached hydrogens (tertiary/aromatic N) is 3. The van der Waals surface area contributed by atoms with Gasteiger partial charge < -0.3 is 30.6 Å². The number of rotatable bonds is 6. The van der Waals surface area contributed by atoms with E-state index in [2.05, 4.69) is 15.0 Å². The standard InChI is InChI=1S/C21H9N3O12/c25-16(26)5-7-11-4(2-1-3-22-11)12-8(13(7)24-15(21(35)36)9(5)18(29)30)6(17(27)28)10(19(31)32)14(23-12)20(33)34/h1-3H,(H,25,26)(H,27,28)(H,29,30)(H,31,32)(H,33,34)(H,35,36). The summed E-state index contributed by atoms with van der Waals surface area (Å²) >= 11 is 0. The summed E-state index contributed by atoms with van der Waals surface area (Å²) in [6.45, 7) is 0. The lowest BCUT2D eigenvalue weighted by atomic mass is 9.91. The van der Waals surface area contributed by atoms with Gasteiger partial charge in [0.15, 0.2) is 11.4 Å². The third kappa shape index (κ3) is 3.18. The molecule has 0 amide bonds. The van der Waals surface area contributed by atoms with Crippen molar-refractivity contribution >= 4 is 68.5 Å². The zero-order chi connectivity index (χ0) is 26.6. The summed E-state index contributed by atoms with van der Waals surface area (Å²) in [5.74, 6) is -11.8. The number of hydrogen-bond donors (Lipinski definition) is 6. The second-order valence-corrected chi connectivity index (χ2v) is 7.10. The SMILES string of the molecule is O=C(O)c1nc2c(c(C(=O)O)c1C(=O)O)c1ncccc1c1nc(C(=O)O)c(C(=O)O)c(C(=O)O)c12. The first-order chi connectivity index (χ1) is 16.9. The molecule has 180 valence electrons. The molecule has 0 spiro atoms. The lowest BCUT2D eigenvalue weighted by molar-refractivity contribution is 0.0630. The van der Waals surface area contributed by atoms with Gasteiger partial charge in [0.2, 0.25) is 0 Å². The number of carboxylic acids is 6. The van der Waals surface area contributed by atoms with Crippen molar-refractivity contribution in [3.63, 3.8) is 0 Å². The number of carbonyl (C=O) groups is 6. The van der Waals surface area contributed by atoms with Crippen molar-refractivity contribution in [2.24, 2.45) is 0 Å². The summed E-state index contributed by atoms with van der Waals surface area (Å²) in [7, 11) is 0. The van der Waals surface area contributed by atoms with Crippen LogP contribution in [0.25, 0.3) is 32.7 Å². The molecular formula is C21H9N3O12. The van der Waals surface area contributed by atoms with Crippen molar-refractivity contribution in [2.45, 2.75) is 0 Å². The van der Waals surface area contributed by atoms with Crippen LogP contribution in [0.3, 0.4) is 0 Å². The highest BCUT2D eigenvalue weighted by atomic mass is 16.4. The van der Waals surface area contributed by atoms with Crippen LogP contribution >= 0.6 is 0 Å². The molecule has 36 heavy (non-hydrogen) atoms. The molecule has 0 aliphatic carbocycles. The molecule has 0 atom stereocenters. The van der Waals surface area contributed by atoms with Crippen LogP contribution in [-0.2, 0) is 0 Å². The van der Waals surface area contributed by atoms with Crippen molar-refractivity contribution in [2.75, 3.05) is 0 Å². The van der Waals surface area contributed by atoms with Gasteiger partial charge in [-0.05, 0) is 12.1 Å². The van der Waals surface area contributed by atoms with E-state index in [1.54, 1.807) is 0 Å². The van der Waals surface area contributed by atoms with Crippen LogP contribution in [0.2, 0.25) is 0 Å². The monoisotopic (exact) mass is 495 g/mol. The maximum atomic E-state index is 12.3. The molecule has 4 rings (SSSR count). The molecule has 3 aromatic heterocycles. The molecule has 15 nitrogen and oxygen atoms in total. The number of aromatic nitrogens is 3. The fourth-order valence-corrected chi connectivity index (χ4v) is 3.96. The predicted molar refractivity (Wildman–Crippen MR) is 114 cm³/mol. The van der Waals surface area contributed by atoms with E-state index in [9.17, 15) is 59.4 Å². The van der Waals surface area contributed by atoms with Crippen molar-refractivity contribution in [3.8, 4) is 0 Å². The number of hydrogen-bond acceptors (Lipinski definition) is 9. The number of benzene rings is 1. The van der Waals surface area contributed by atoms with Gasteiger partial charge in [-0.15, -0.1) is 0 Å². The highest BCUT2D eigenvalue weighted by Gasteiger charge is 2.35. The second-order valence-electron chi connectivity index (χ2n) is 7.10. The summed E-state index contributed by atoms with van der Waals surface area (Å²) in [5.41, 5.74) is -8.85. The molecule has 4 aromatic rings. The maximum Gasteiger partial charge on any atom is 0.355 e. The molecule has 0 bridgehead atoms. The number of pyridine rings is 3. The number of carboxylic acid groups (broad SMARTS) is 6. The van der Waals surface area contributed by atoms with Crippen LogP contribution in [0, 0.1) is 0 Å². The molecule has 0 saturated carbocycles. The van der Waals surface area contributed by atoms with Crippen LogP contribution < -0.4 is 0 Å². The third-order valence-corrected chi connectivity index (χ3v) is 5.19. The lowest BCUT2D eigenvalue weighted by Gasteiger charge is -2.16. The molecule has 0 aliphatic rings. The van der Waals surface area contributed by atoms with Crippen molar-refractivity contribution in [1.29, 1.82) is 0 Å². The van der Waals surface area contributed by atoms with Crippen LogP contribution in [0.5, 0.6) is 0 Å². The van der Waals surface area contributed by atoms with Gasteiger partial charge in [0.25, 0.3) is 0 Å².